The van der Waals surface area contributed by atoms with Crippen LogP contribution in [0.15, 0.2) is 5.38 Å². The number of aromatic nitrogens is 1. The summed E-state index contributed by atoms with van der Waals surface area (Å²) in [5.41, 5.74) is 0.107. The number of thiazole rings is 1. The van der Waals surface area contributed by atoms with Crippen LogP contribution in [-0.2, 0) is 0 Å². The number of anilines is 1. The predicted octanol–water partition coefficient (Wildman–Crippen LogP) is 3.42. The van der Waals surface area contributed by atoms with E-state index in [-0.39, 0.29) is 5.54 Å². The van der Waals surface area contributed by atoms with Gasteiger partial charge < -0.3 is 4.90 Å². The van der Waals surface area contributed by atoms with E-state index in [1.54, 1.807) is 11.3 Å². The molecule has 0 saturated carbocycles. The summed E-state index contributed by atoms with van der Waals surface area (Å²) < 4.78 is 0. The zero-order valence-corrected chi connectivity index (χ0v) is 10.0. The Hall–Kier alpha value is -0.280. The minimum atomic E-state index is 0.107. The Kier molecular flexibility index (Phi) is 3.19. The van der Waals surface area contributed by atoms with Crippen molar-refractivity contribution in [3.8, 4) is 0 Å². The van der Waals surface area contributed by atoms with Gasteiger partial charge in [0, 0.05) is 17.5 Å². The summed E-state index contributed by atoms with van der Waals surface area (Å²) in [5, 5.41) is 3.45. The minimum Gasteiger partial charge on any atom is -0.343 e. The van der Waals surface area contributed by atoms with Gasteiger partial charge in [-0.2, -0.15) is 0 Å². The van der Waals surface area contributed by atoms with Gasteiger partial charge in [-0.3, -0.25) is 0 Å². The summed E-state index contributed by atoms with van der Waals surface area (Å²) in [7, 11) is 0. The highest BCUT2D eigenvalue weighted by Crippen LogP contribution is 2.28. The molecule has 74 valence electrons. The van der Waals surface area contributed by atoms with E-state index in [1.165, 1.54) is 0 Å². The van der Waals surface area contributed by atoms with Crippen LogP contribution < -0.4 is 4.90 Å². The smallest absolute Gasteiger partial charge is 0.187 e. The van der Waals surface area contributed by atoms with Crippen molar-refractivity contribution in [3.63, 3.8) is 0 Å². The van der Waals surface area contributed by atoms with Crippen LogP contribution in [0, 0.1) is 0 Å². The second-order valence-electron chi connectivity index (χ2n) is 3.87. The molecule has 0 aliphatic carbocycles. The third kappa shape index (κ3) is 2.58. The lowest BCUT2D eigenvalue weighted by molar-refractivity contribution is 0.512. The molecule has 1 aromatic heterocycles. The first-order valence-electron chi connectivity index (χ1n) is 4.34. The highest BCUT2D eigenvalue weighted by atomic mass is 35.5. The molecule has 0 saturated heterocycles. The number of rotatable bonds is 2. The molecule has 4 heteroatoms. The molecule has 0 spiro atoms. The Balaban J connectivity index is 2.91. The zero-order valence-electron chi connectivity index (χ0n) is 8.47. The minimum absolute atomic E-state index is 0.107. The van der Waals surface area contributed by atoms with Crippen molar-refractivity contribution in [3.05, 3.63) is 10.5 Å². The van der Waals surface area contributed by atoms with Crippen molar-refractivity contribution in [1.82, 2.24) is 4.98 Å². The average molecular weight is 219 g/mol. The van der Waals surface area contributed by atoms with Crippen molar-refractivity contribution in [1.29, 1.82) is 0 Å². The fourth-order valence-corrected chi connectivity index (χ4v) is 2.47. The molecule has 0 aromatic carbocycles. The largest absolute Gasteiger partial charge is 0.343 e. The second-order valence-corrected chi connectivity index (χ2v) is 5.09. The maximum absolute atomic E-state index is 5.78. The maximum atomic E-state index is 5.78. The van der Waals surface area contributed by atoms with Crippen LogP contribution in [0.3, 0.4) is 0 Å². The second kappa shape index (κ2) is 3.84. The Morgan fingerprint density at radius 2 is 2.15 bits per heavy atom. The van der Waals surface area contributed by atoms with Gasteiger partial charge in [-0.05, 0) is 27.7 Å². The van der Waals surface area contributed by atoms with E-state index >= 15 is 0 Å². The van der Waals surface area contributed by atoms with Crippen LogP contribution in [0.2, 0.25) is 5.15 Å². The Labute approximate surface area is 88.5 Å². The normalized spacial score (nSPS) is 11.8. The molecule has 0 unspecified atom stereocenters. The molecule has 0 atom stereocenters. The molecule has 1 rings (SSSR count). The van der Waals surface area contributed by atoms with Gasteiger partial charge in [0.2, 0.25) is 0 Å². The Bertz CT molecular complexity index is 277. The molecule has 1 heterocycles. The monoisotopic (exact) mass is 218 g/mol. The van der Waals surface area contributed by atoms with Gasteiger partial charge in [0.15, 0.2) is 5.13 Å². The van der Waals surface area contributed by atoms with Crippen LogP contribution in [-0.4, -0.2) is 17.1 Å². The predicted molar refractivity (Wildman–Crippen MR) is 59.9 cm³/mol. The molecule has 0 radical (unpaired) electrons. The number of hydrogen-bond donors (Lipinski definition) is 0. The van der Waals surface area contributed by atoms with Crippen molar-refractivity contribution in [2.24, 2.45) is 0 Å². The standard InChI is InChI=1S/C9H15ClN2S/c1-5-12(9(2,3)4)8-11-7(10)6-13-8/h6H,5H2,1-4H3. The van der Waals surface area contributed by atoms with E-state index in [0.717, 1.165) is 11.7 Å². The summed E-state index contributed by atoms with van der Waals surface area (Å²) in [5.74, 6) is 0. The van der Waals surface area contributed by atoms with Gasteiger partial charge in [-0.15, -0.1) is 11.3 Å². The molecule has 0 aliphatic heterocycles. The van der Waals surface area contributed by atoms with E-state index in [2.05, 4.69) is 37.6 Å². The van der Waals surface area contributed by atoms with Gasteiger partial charge in [0.05, 0.1) is 0 Å². The molecule has 2 nitrogen and oxygen atoms in total. The van der Waals surface area contributed by atoms with E-state index in [1.807, 2.05) is 5.38 Å². The first-order chi connectivity index (χ1) is 5.95. The summed E-state index contributed by atoms with van der Waals surface area (Å²) in [6.45, 7) is 9.59. The topological polar surface area (TPSA) is 16.1 Å². The van der Waals surface area contributed by atoms with E-state index < -0.39 is 0 Å². The molecule has 0 bridgehead atoms. The molecule has 0 aliphatic rings. The summed E-state index contributed by atoms with van der Waals surface area (Å²) in [6, 6.07) is 0. The number of halogens is 1. The van der Waals surface area contributed by atoms with Crippen molar-refractivity contribution in [2.45, 2.75) is 33.2 Å². The van der Waals surface area contributed by atoms with Gasteiger partial charge in [0.25, 0.3) is 0 Å². The van der Waals surface area contributed by atoms with E-state index in [0.29, 0.717) is 5.15 Å². The maximum Gasteiger partial charge on any atom is 0.187 e. The highest BCUT2D eigenvalue weighted by Gasteiger charge is 2.22. The SMILES string of the molecule is CCN(c1nc(Cl)cs1)C(C)(C)C. The van der Waals surface area contributed by atoms with Crippen molar-refractivity contribution >= 4 is 28.1 Å². The molecular formula is C9H15ClN2S. The lowest BCUT2D eigenvalue weighted by Crippen LogP contribution is -2.41. The molecule has 0 amide bonds. The summed E-state index contributed by atoms with van der Waals surface area (Å²) in [6.07, 6.45) is 0. The van der Waals surface area contributed by atoms with Crippen LogP contribution in [0.4, 0.5) is 5.13 Å². The van der Waals surface area contributed by atoms with E-state index in [4.69, 9.17) is 11.6 Å². The van der Waals surface area contributed by atoms with Crippen LogP contribution in [0.5, 0.6) is 0 Å². The van der Waals surface area contributed by atoms with Crippen LogP contribution in [0.25, 0.3) is 0 Å². The Morgan fingerprint density at radius 1 is 1.54 bits per heavy atom. The average Bonchev–Trinajstić information content (AvgIpc) is 2.34. The van der Waals surface area contributed by atoms with Gasteiger partial charge in [-0.1, -0.05) is 11.6 Å². The zero-order chi connectivity index (χ0) is 10.1. The van der Waals surface area contributed by atoms with Crippen molar-refractivity contribution < 1.29 is 0 Å². The third-order valence-corrected chi connectivity index (χ3v) is 3.01. The molecule has 1 aromatic rings. The molecular weight excluding hydrogens is 204 g/mol. The first-order valence-corrected chi connectivity index (χ1v) is 5.59. The highest BCUT2D eigenvalue weighted by molar-refractivity contribution is 7.14. The lowest BCUT2D eigenvalue weighted by Gasteiger charge is -2.34. The summed E-state index contributed by atoms with van der Waals surface area (Å²) in [4.78, 5) is 6.50. The lowest BCUT2D eigenvalue weighted by atomic mass is 10.1. The fraction of sp³-hybridized carbons (Fsp3) is 0.667. The molecule has 0 N–H and O–H groups in total. The summed E-state index contributed by atoms with van der Waals surface area (Å²) >= 11 is 7.38. The van der Waals surface area contributed by atoms with Crippen LogP contribution in [0.1, 0.15) is 27.7 Å². The molecule has 13 heavy (non-hydrogen) atoms. The van der Waals surface area contributed by atoms with Gasteiger partial charge in [-0.25, -0.2) is 4.98 Å². The van der Waals surface area contributed by atoms with Gasteiger partial charge >= 0.3 is 0 Å². The fourth-order valence-electron chi connectivity index (χ4n) is 1.27. The quantitative estimate of drug-likeness (QED) is 0.756. The first kappa shape index (κ1) is 10.8. The van der Waals surface area contributed by atoms with Crippen LogP contribution >= 0.6 is 22.9 Å². The van der Waals surface area contributed by atoms with Gasteiger partial charge in [0.1, 0.15) is 5.15 Å². The third-order valence-electron chi connectivity index (χ3n) is 1.82. The van der Waals surface area contributed by atoms with Crippen molar-refractivity contribution in [2.75, 3.05) is 11.4 Å². The van der Waals surface area contributed by atoms with E-state index in [9.17, 15) is 0 Å². The number of nitrogens with zero attached hydrogens (tertiary/aromatic N) is 2. The molecule has 0 fully saturated rings. The Morgan fingerprint density at radius 3 is 2.46 bits per heavy atom. The number of hydrogen-bond acceptors (Lipinski definition) is 3.